The van der Waals surface area contributed by atoms with E-state index in [2.05, 4.69) is 0 Å². The zero-order valence-corrected chi connectivity index (χ0v) is 20.9. The maximum Gasteiger partial charge on any atom is 0.343 e. The first-order valence-electron chi connectivity index (χ1n) is 12.1. The molecule has 38 heavy (non-hydrogen) atoms. The third-order valence-corrected chi connectivity index (χ3v) is 6.51. The lowest BCUT2D eigenvalue weighted by molar-refractivity contribution is -0.386. The Hall–Kier alpha value is -4.62. The molecule has 0 bridgehead atoms. The number of ether oxygens (including phenoxy) is 2. The Kier molecular flexibility index (Phi) is 8.40. The van der Waals surface area contributed by atoms with Crippen molar-refractivity contribution >= 4 is 17.4 Å². The van der Waals surface area contributed by atoms with Crippen LogP contribution in [-0.4, -0.2) is 23.8 Å². The Morgan fingerprint density at radius 2 is 1.37 bits per heavy atom. The number of nitro groups is 1. The van der Waals surface area contributed by atoms with Gasteiger partial charge in [0.1, 0.15) is 0 Å². The second kappa shape index (κ2) is 12.1. The Morgan fingerprint density at radius 1 is 0.816 bits per heavy atom. The molecule has 0 fully saturated rings. The van der Waals surface area contributed by atoms with Gasteiger partial charge in [-0.1, -0.05) is 103 Å². The van der Waals surface area contributed by atoms with Crippen molar-refractivity contribution in [3.8, 4) is 0 Å². The topological polar surface area (TPSA) is 95.7 Å². The van der Waals surface area contributed by atoms with E-state index in [1.807, 2.05) is 36.4 Å². The van der Waals surface area contributed by atoms with Gasteiger partial charge >= 0.3 is 5.97 Å². The van der Waals surface area contributed by atoms with Crippen LogP contribution < -0.4 is 0 Å². The van der Waals surface area contributed by atoms with Crippen LogP contribution in [0.5, 0.6) is 0 Å². The minimum Gasteiger partial charge on any atom is -0.467 e. The summed E-state index contributed by atoms with van der Waals surface area (Å²) < 4.78 is 11.8. The highest BCUT2D eigenvalue weighted by molar-refractivity contribution is 5.97. The molecule has 4 aromatic carbocycles. The van der Waals surface area contributed by atoms with Gasteiger partial charge in [-0.05, 0) is 17.2 Å². The van der Waals surface area contributed by atoms with Crippen LogP contribution in [0.1, 0.15) is 39.4 Å². The summed E-state index contributed by atoms with van der Waals surface area (Å²) in [6.07, 6.45) is -0.0745. The molecule has 0 aliphatic heterocycles. The van der Waals surface area contributed by atoms with E-state index in [-0.39, 0.29) is 24.5 Å². The van der Waals surface area contributed by atoms with Crippen molar-refractivity contribution in [2.75, 3.05) is 7.11 Å². The number of carbonyl (C=O) groups excluding carboxylic acids is 2. The molecule has 0 spiro atoms. The first kappa shape index (κ1) is 26.4. The van der Waals surface area contributed by atoms with E-state index in [0.29, 0.717) is 22.3 Å². The minimum atomic E-state index is -1.79. The van der Waals surface area contributed by atoms with Crippen LogP contribution >= 0.6 is 0 Å². The highest BCUT2D eigenvalue weighted by atomic mass is 16.6. The van der Waals surface area contributed by atoms with E-state index in [9.17, 15) is 19.7 Å². The van der Waals surface area contributed by atoms with Gasteiger partial charge in [0.2, 0.25) is 0 Å². The van der Waals surface area contributed by atoms with Crippen LogP contribution in [0.2, 0.25) is 0 Å². The molecular formula is C31H27NO6. The lowest BCUT2D eigenvalue weighted by Crippen LogP contribution is -2.46. The first-order chi connectivity index (χ1) is 18.5. The Morgan fingerprint density at radius 3 is 1.97 bits per heavy atom. The van der Waals surface area contributed by atoms with E-state index in [4.69, 9.17) is 9.47 Å². The first-order valence-corrected chi connectivity index (χ1v) is 12.1. The summed E-state index contributed by atoms with van der Waals surface area (Å²) in [7, 11) is 1.26. The molecule has 0 heterocycles. The monoisotopic (exact) mass is 509 g/mol. The van der Waals surface area contributed by atoms with E-state index >= 15 is 0 Å². The zero-order valence-electron chi connectivity index (χ0n) is 20.9. The van der Waals surface area contributed by atoms with E-state index in [1.54, 1.807) is 72.8 Å². The average Bonchev–Trinajstić information content (AvgIpc) is 2.98. The van der Waals surface area contributed by atoms with Crippen LogP contribution in [0.3, 0.4) is 0 Å². The van der Waals surface area contributed by atoms with Crippen molar-refractivity contribution in [1.29, 1.82) is 0 Å². The van der Waals surface area contributed by atoms with Gasteiger partial charge < -0.3 is 9.47 Å². The molecule has 0 saturated heterocycles. The molecule has 0 aromatic heterocycles. The molecule has 2 atom stereocenters. The van der Waals surface area contributed by atoms with Gasteiger partial charge in [-0.25, -0.2) is 4.79 Å². The average molecular weight is 510 g/mol. The van der Waals surface area contributed by atoms with Gasteiger partial charge in [0.05, 0.1) is 24.2 Å². The number of nitro benzene ring substituents is 1. The number of nitrogens with zero attached hydrogens (tertiary/aromatic N) is 1. The molecule has 0 aliphatic rings. The van der Waals surface area contributed by atoms with Gasteiger partial charge in [-0.2, -0.15) is 0 Å². The summed E-state index contributed by atoms with van der Waals surface area (Å²) in [6.45, 7) is -0.260. The van der Waals surface area contributed by atoms with Crippen molar-refractivity contribution < 1.29 is 24.0 Å². The van der Waals surface area contributed by atoms with E-state index < -0.39 is 22.4 Å². The maximum absolute atomic E-state index is 13.8. The van der Waals surface area contributed by atoms with Crippen molar-refractivity contribution in [1.82, 2.24) is 0 Å². The lowest BCUT2D eigenvalue weighted by Gasteiger charge is -2.39. The highest BCUT2D eigenvalue weighted by Gasteiger charge is 2.51. The third kappa shape index (κ3) is 5.53. The summed E-state index contributed by atoms with van der Waals surface area (Å²) in [6, 6.07) is 33.0. The fourth-order valence-electron chi connectivity index (χ4n) is 4.65. The molecule has 4 aromatic rings. The quantitative estimate of drug-likeness (QED) is 0.103. The number of hydrogen-bond acceptors (Lipinski definition) is 6. The number of para-hydroxylation sites is 1. The van der Waals surface area contributed by atoms with Crippen LogP contribution in [-0.2, 0) is 26.5 Å². The van der Waals surface area contributed by atoms with Crippen molar-refractivity contribution in [3.05, 3.63) is 148 Å². The van der Waals surface area contributed by atoms with Crippen LogP contribution in [0.4, 0.5) is 5.69 Å². The number of benzene rings is 4. The molecule has 0 amide bonds. The van der Waals surface area contributed by atoms with Crippen molar-refractivity contribution in [2.45, 2.75) is 24.5 Å². The largest absolute Gasteiger partial charge is 0.467 e. The zero-order chi connectivity index (χ0) is 27.0. The molecule has 0 aliphatic carbocycles. The van der Waals surface area contributed by atoms with Gasteiger partial charge in [0, 0.05) is 24.0 Å². The number of carbonyl (C=O) groups is 2. The Bertz CT molecular complexity index is 1390. The molecule has 0 saturated carbocycles. The molecule has 7 nitrogen and oxygen atoms in total. The summed E-state index contributed by atoms with van der Waals surface area (Å²) in [5, 5.41) is 11.7. The lowest BCUT2D eigenvalue weighted by atomic mass is 9.73. The number of rotatable bonds is 11. The summed E-state index contributed by atoms with van der Waals surface area (Å²) in [5.74, 6) is -1.70. The highest BCUT2D eigenvalue weighted by Crippen LogP contribution is 2.45. The van der Waals surface area contributed by atoms with Crippen LogP contribution in [0.15, 0.2) is 115 Å². The van der Waals surface area contributed by atoms with Crippen LogP contribution in [0, 0.1) is 10.1 Å². The number of methoxy groups -OCH3 is 1. The fraction of sp³-hybridized carbons (Fsp3) is 0.161. The molecule has 0 unspecified atom stereocenters. The number of hydrogen-bond donors (Lipinski definition) is 0. The molecule has 7 heteroatoms. The van der Waals surface area contributed by atoms with Gasteiger partial charge in [0.15, 0.2) is 11.4 Å². The molecule has 192 valence electrons. The predicted molar refractivity (Wildman–Crippen MR) is 143 cm³/mol. The molecule has 0 N–H and O–H groups in total. The standard InChI is InChI=1S/C31H27NO6/c1-37-30(34)31(26-18-9-4-10-19-26,38-22-25-17-11-12-20-28(25)32(35)36)27(23-13-5-2-6-14-23)21-29(33)24-15-7-3-8-16-24/h2-20,27H,21-22H2,1H3/t27-,31+/m0/s1. The smallest absolute Gasteiger partial charge is 0.343 e. The van der Waals surface area contributed by atoms with Gasteiger partial charge in [-0.15, -0.1) is 0 Å². The normalized spacial score (nSPS) is 13.2. The second-order valence-corrected chi connectivity index (χ2v) is 8.72. The SMILES string of the molecule is COC(=O)[C@@](OCc1ccccc1[N+](=O)[O-])(c1ccccc1)[C@@H](CC(=O)c1ccccc1)c1ccccc1. The number of esters is 1. The fourth-order valence-corrected chi connectivity index (χ4v) is 4.65. The second-order valence-electron chi connectivity index (χ2n) is 8.72. The van der Waals surface area contributed by atoms with E-state index in [0.717, 1.165) is 0 Å². The van der Waals surface area contributed by atoms with Gasteiger partial charge in [-0.3, -0.25) is 14.9 Å². The molecule has 0 radical (unpaired) electrons. The van der Waals surface area contributed by atoms with Gasteiger partial charge in [0.25, 0.3) is 5.69 Å². The Balaban J connectivity index is 1.89. The predicted octanol–water partition coefficient (Wildman–Crippen LogP) is 6.24. The number of Topliss-reactive ketones (excluding diaryl/α,β-unsaturated/α-hetero) is 1. The minimum absolute atomic E-state index is 0.0745. The van der Waals surface area contributed by atoms with Crippen molar-refractivity contribution in [3.63, 3.8) is 0 Å². The van der Waals surface area contributed by atoms with Crippen LogP contribution in [0.25, 0.3) is 0 Å². The molecule has 4 rings (SSSR count). The van der Waals surface area contributed by atoms with Crippen molar-refractivity contribution in [2.24, 2.45) is 0 Å². The van der Waals surface area contributed by atoms with E-state index in [1.165, 1.54) is 13.2 Å². The summed E-state index contributed by atoms with van der Waals surface area (Å²) in [4.78, 5) is 38.5. The summed E-state index contributed by atoms with van der Waals surface area (Å²) >= 11 is 0. The third-order valence-electron chi connectivity index (χ3n) is 6.51. The Labute approximate surface area is 220 Å². The molecular weight excluding hydrogens is 482 g/mol. The summed E-state index contributed by atoms with van der Waals surface area (Å²) in [5.41, 5.74) is 0.0393. The maximum atomic E-state index is 13.8. The number of ketones is 1.